The van der Waals surface area contributed by atoms with Gasteiger partial charge in [0.25, 0.3) is 0 Å². The van der Waals surface area contributed by atoms with E-state index in [1.165, 1.54) is 0 Å². The van der Waals surface area contributed by atoms with Gasteiger partial charge in [0.1, 0.15) is 17.4 Å². The van der Waals surface area contributed by atoms with E-state index in [-0.39, 0.29) is 12.0 Å². The minimum Gasteiger partial charge on any atom is -0.497 e. The molecule has 0 bridgehead atoms. The van der Waals surface area contributed by atoms with Crippen LogP contribution in [0.3, 0.4) is 0 Å². The van der Waals surface area contributed by atoms with Crippen molar-refractivity contribution in [1.82, 2.24) is 30.6 Å². The highest BCUT2D eigenvalue weighted by molar-refractivity contribution is 5.36. The average molecular weight is 350 g/mol. The summed E-state index contributed by atoms with van der Waals surface area (Å²) >= 11 is 0. The summed E-state index contributed by atoms with van der Waals surface area (Å²) in [5.74, 6) is 2.67. The Labute approximate surface area is 152 Å². The van der Waals surface area contributed by atoms with Gasteiger partial charge in [0.15, 0.2) is 0 Å². The van der Waals surface area contributed by atoms with Crippen molar-refractivity contribution >= 4 is 0 Å². The number of hydrogen-bond donors (Lipinski definition) is 2. The van der Waals surface area contributed by atoms with Crippen molar-refractivity contribution in [3.8, 4) is 11.4 Å². The summed E-state index contributed by atoms with van der Waals surface area (Å²) in [6.07, 6.45) is 1.80. The lowest BCUT2D eigenvalue weighted by Gasteiger charge is -2.19. The molecule has 1 fully saturated rings. The topological polar surface area (TPSA) is 76.9 Å². The molecule has 2 N–H and O–H groups in total. The first-order valence-electron chi connectivity index (χ1n) is 8.64. The van der Waals surface area contributed by atoms with Crippen LogP contribution in [0.25, 0.3) is 5.69 Å². The molecule has 0 radical (unpaired) electrons. The van der Waals surface area contributed by atoms with E-state index in [1.54, 1.807) is 13.3 Å². The van der Waals surface area contributed by atoms with Gasteiger partial charge in [0.2, 0.25) is 0 Å². The van der Waals surface area contributed by atoms with E-state index in [2.05, 4.69) is 33.1 Å². The summed E-state index contributed by atoms with van der Waals surface area (Å²) in [4.78, 5) is 9.02. The number of methoxy groups -OCH3 is 1. The lowest BCUT2D eigenvalue weighted by molar-refractivity contribution is 0.412. The van der Waals surface area contributed by atoms with E-state index < -0.39 is 0 Å². The lowest BCUT2D eigenvalue weighted by Crippen LogP contribution is -2.25. The molecule has 2 unspecified atom stereocenters. The van der Waals surface area contributed by atoms with Gasteiger partial charge in [0, 0.05) is 18.4 Å². The third-order valence-electron chi connectivity index (χ3n) is 4.63. The maximum absolute atomic E-state index is 5.38. The number of aromatic nitrogens is 4. The Hall–Kier alpha value is -2.77. The quantitative estimate of drug-likeness (QED) is 0.751. The Morgan fingerprint density at radius 1 is 1.19 bits per heavy atom. The lowest BCUT2D eigenvalue weighted by atomic mass is 9.94. The smallest absolute Gasteiger partial charge is 0.148 e. The molecule has 3 heterocycles. The predicted molar refractivity (Wildman–Crippen MR) is 98.2 cm³/mol. The molecule has 3 aromatic rings. The number of hydrogen-bond acceptors (Lipinski definition) is 6. The summed E-state index contributed by atoms with van der Waals surface area (Å²) in [6, 6.07) is 12.2. The average Bonchev–Trinajstić information content (AvgIpc) is 3.28. The molecule has 7 heteroatoms. The van der Waals surface area contributed by atoms with Crippen molar-refractivity contribution in [2.24, 2.45) is 0 Å². The Balaban J connectivity index is 1.75. The van der Waals surface area contributed by atoms with Crippen molar-refractivity contribution < 1.29 is 4.74 Å². The van der Waals surface area contributed by atoms with Gasteiger partial charge >= 0.3 is 0 Å². The third kappa shape index (κ3) is 3.07. The summed E-state index contributed by atoms with van der Waals surface area (Å²) in [6.45, 7) is 4.67. The Bertz CT molecular complexity index is 922. The maximum Gasteiger partial charge on any atom is 0.148 e. The highest BCUT2D eigenvalue weighted by atomic mass is 16.5. The first-order valence-corrected chi connectivity index (χ1v) is 8.64. The maximum atomic E-state index is 5.38. The van der Waals surface area contributed by atoms with Gasteiger partial charge in [-0.3, -0.25) is 10.4 Å². The van der Waals surface area contributed by atoms with Gasteiger partial charge in [-0.2, -0.15) is 5.10 Å². The molecule has 0 saturated carbocycles. The van der Waals surface area contributed by atoms with Gasteiger partial charge in [-0.1, -0.05) is 12.1 Å². The highest BCUT2D eigenvalue weighted by Crippen LogP contribution is 2.34. The molecular weight excluding hydrogens is 328 g/mol. The number of pyridine rings is 1. The number of hydrazine groups is 1. The second-order valence-electron chi connectivity index (χ2n) is 6.47. The van der Waals surface area contributed by atoms with Crippen molar-refractivity contribution in [2.75, 3.05) is 13.7 Å². The van der Waals surface area contributed by atoms with Crippen LogP contribution in [0.4, 0.5) is 0 Å². The first-order chi connectivity index (χ1) is 12.7. The number of nitrogens with one attached hydrogen (secondary N) is 2. The van der Waals surface area contributed by atoms with Crippen molar-refractivity contribution in [1.29, 1.82) is 0 Å². The van der Waals surface area contributed by atoms with Crippen molar-refractivity contribution in [3.63, 3.8) is 0 Å². The Kier molecular flexibility index (Phi) is 4.40. The molecule has 134 valence electrons. The Morgan fingerprint density at radius 2 is 2.08 bits per heavy atom. The Morgan fingerprint density at radius 3 is 2.88 bits per heavy atom. The number of benzene rings is 1. The first kappa shape index (κ1) is 16.7. The molecule has 0 spiro atoms. The van der Waals surface area contributed by atoms with E-state index in [0.717, 1.165) is 40.9 Å². The molecule has 1 aromatic carbocycles. The molecule has 0 amide bonds. The second-order valence-corrected chi connectivity index (χ2v) is 6.47. The molecule has 4 rings (SSSR count). The van der Waals surface area contributed by atoms with Crippen LogP contribution in [-0.4, -0.2) is 33.4 Å². The molecule has 2 aromatic heterocycles. The fraction of sp³-hybridized carbons (Fsp3) is 0.316. The number of nitrogens with zero attached hydrogens (tertiary/aromatic N) is 4. The highest BCUT2D eigenvalue weighted by Gasteiger charge is 2.34. The van der Waals surface area contributed by atoms with Crippen LogP contribution in [-0.2, 0) is 0 Å². The van der Waals surface area contributed by atoms with Crippen LogP contribution in [0.1, 0.15) is 34.9 Å². The van der Waals surface area contributed by atoms with Gasteiger partial charge in [-0.25, -0.2) is 15.1 Å². The molecule has 0 aliphatic carbocycles. The second kappa shape index (κ2) is 6.86. The van der Waals surface area contributed by atoms with Gasteiger partial charge < -0.3 is 4.74 Å². The number of rotatable bonds is 4. The van der Waals surface area contributed by atoms with E-state index in [0.29, 0.717) is 0 Å². The van der Waals surface area contributed by atoms with E-state index in [1.807, 2.05) is 42.8 Å². The minimum absolute atomic E-state index is 0.0791. The van der Waals surface area contributed by atoms with Crippen LogP contribution in [0.15, 0.2) is 42.6 Å². The molecule has 1 saturated heterocycles. The third-order valence-corrected chi connectivity index (χ3v) is 4.63. The SMILES string of the molecule is COc1cccc(C2NNCC2c2nc(C)nn2-c2ccnc(C)c2)c1. The van der Waals surface area contributed by atoms with E-state index >= 15 is 0 Å². The summed E-state index contributed by atoms with van der Waals surface area (Å²) in [5.41, 5.74) is 9.72. The molecule has 1 aliphatic heterocycles. The standard InChI is InChI=1S/C19H22N6O/c1-12-9-15(7-8-20-12)25-19(22-13(2)24-25)17-11-21-23-18(17)14-5-4-6-16(10-14)26-3/h4-10,17-18,21,23H,11H2,1-3H3. The van der Waals surface area contributed by atoms with Crippen LogP contribution < -0.4 is 15.6 Å². The van der Waals surface area contributed by atoms with Crippen LogP contribution in [0.5, 0.6) is 5.75 Å². The molecule has 2 atom stereocenters. The van der Waals surface area contributed by atoms with Gasteiger partial charge in [-0.15, -0.1) is 0 Å². The monoisotopic (exact) mass is 350 g/mol. The van der Waals surface area contributed by atoms with Crippen molar-refractivity contribution in [2.45, 2.75) is 25.8 Å². The van der Waals surface area contributed by atoms with Crippen molar-refractivity contribution in [3.05, 3.63) is 65.5 Å². The van der Waals surface area contributed by atoms with Crippen LogP contribution in [0.2, 0.25) is 0 Å². The number of aryl methyl sites for hydroxylation is 2. The molecule has 1 aliphatic rings. The normalized spacial score (nSPS) is 19.7. The zero-order valence-corrected chi connectivity index (χ0v) is 15.1. The van der Waals surface area contributed by atoms with Crippen LogP contribution in [0, 0.1) is 13.8 Å². The fourth-order valence-electron chi connectivity index (χ4n) is 3.41. The largest absolute Gasteiger partial charge is 0.497 e. The van der Waals surface area contributed by atoms with E-state index in [4.69, 9.17) is 9.72 Å². The molecule has 7 nitrogen and oxygen atoms in total. The zero-order valence-electron chi connectivity index (χ0n) is 15.1. The fourth-order valence-corrected chi connectivity index (χ4v) is 3.41. The van der Waals surface area contributed by atoms with Gasteiger partial charge in [-0.05, 0) is 43.7 Å². The number of ether oxygens (including phenoxy) is 1. The van der Waals surface area contributed by atoms with E-state index in [9.17, 15) is 0 Å². The summed E-state index contributed by atoms with van der Waals surface area (Å²) in [5, 5.41) is 4.63. The minimum atomic E-state index is 0.0791. The van der Waals surface area contributed by atoms with Gasteiger partial charge in [0.05, 0.1) is 24.8 Å². The summed E-state index contributed by atoms with van der Waals surface area (Å²) < 4.78 is 7.30. The summed E-state index contributed by atoms with van der Waals surface area (Å²) in [7, 11) is 1.68. The van der Waals surface area contributed by atoms with Crippen LogP contribution >= 0.6 is 0 Å². The molecular formula is C19H22N6O. The zero-order chi connectivity index (χ0) is 18.1. The molecule has 26 heavy (non-hydrogen) atoms. The predicted octanol–water partition coefficient (Wildman–Crippen LogP) is 2.22.